The number of piperidine rings is 1. The van der Waals surface area contributed by atoms with Crippen molar-refractivity contribution < 1.29 is 9.53 Å². The quantitative estimate of drug-likeness (QED) is 0.871. The minimum Gasteiger partial charge on any atom is -0.481 e. The van der Waals surface area contributed by atoms with Crippen LogP contribution in [-0.4, -0.2) is 31.1 Å². The number of amides is 1. The number of rotatable bonds is 3. The van der Waals surface area contributed by atoms with Gasteiger partial charge in [-0.25, -0.2) is 4.98 Å². The van der Waals surface area contributed by atoms with E-state index in [0.717, 1.165) is 37.2 Å². The minimum atomic E-state index is -0.182. The number of hydrogen-bond donors (Lipinski definition) is 1. The highest BCUT2D eigenvalue weighted by Gasteiger charge is 2.24. The van der Waals surface area contributed by atoms with Crippen molar-refractivity contribution in [3.63, 3.8) is 0 Å². The van der Waals surface area contributed by atoms with Crippen molar-refractivity contribution in [1.29, 1.82) is 0 Å². The second-order valence-electron chi connectivity index (χ2n) is 4.68. The number of aromatic nitrogens is 1. The lowest BCUT2D eigenvalue weighted by Crippen LogP contribution is -2.38. The summed E-state index contributed by atoms with van der Waals surface area (Å²) in [4.78, 5) is 17.6. The van der Waals surface area contributed by atoms with Crippen LogP contribution in [0.15, 0.2) is 12.3 Å². The van der Waals surface area contributed by atoms with Crippen LogP contribution in [0, 0.1) is 12.8 Å². The lowest BCUT2D eigenvalue weighted by molar-refractivity contribution is -0.122. The molecule has 1 aliphatic rings. The molecular formula is C13H19N3O2. The number of hydrogen-bond acceptors (Lipinski definition) is 4. The monoisotopic (exact) mass is 249 g/mol. The minimum absolute atomic E-state index is 0.0188. The summed E-state index contributed by atoms with van der Waals surface area (Å²) in [7, 11) is 1.61. The Morgan fingerprint density at radius 3 is 2.72 bits per heavy atom. The number of pyridine rings is 1. The summed E-state index contributed by atoms with van der Waals surface area (Å²) in [6.07, 6.45) is 3.45. The van der Waals surface area contributed by atoms with Gasteiger partial charge in [0, 0.05) is 37.0 Å². The third-order valence-corrected chi connectivity index (χ3v) is 3.50. The molecule has 2 N–H and O–H groups in total. The molecule has 0 saturated carbocycles. The molecule has 1 aromatic heterocycles. The molecule has 0 bridgehead atoms. The van der Waals surface area contributed by atoms with Gasteiger partial charge in [0.1, 0.15) is 0 Å². The molecule has 0 radical (unpaired) electrons. The van der Waals surface area contributed by atoms with Gasteiger partial charge in [-0.3, -0.25) is 4.79 Å². The van der Waals surface area contributed by atoms with E-state index in [9.17, 15) is 4.79 Å². The van der Waals surface area contributed by atoms with Crippen LogP contribution in [-0.2, 0) is 4.79 Å². The second-order valence-corrected chi connectivity index (χ2v) is 4.68. The Morgan fingerprint density at radius 2 is 2.17 bits per heavy atom. The molecule has 1 aromatic rings. The van der Waals surface area contributed by atoms with E-state index in [4.69, 9.17) is 10.5 Å². The highest BCUT2D eigenvalue weighted by atomic mass is 16.5. The Morgan fingerprint density at radius 1 is 1.50 bits per heavy atom. The number of nitrogens with zero attached hydrogens (tertiary/aromatic N) is 2. The van der Waals surface area contributed by atoms with E-state index in [1.807, 2.05) is 19.2 Å². The van der Waals surface area contributed by atoms with E-state index in [1.165, 1.54) is 0 Å². The molecule has 2 heterocycles. The standard InChI is InChI=1S/C13H19N3O2/c1-9-8-15-12(18-2)7-11(9)16-5-3-10(4-6-16)13(14)17/h7-8,10H,3-6H2,1-2H3,(H2,14,17). The fourth-order valence-corrected chi connectivity index (χ4v) is 2.35. The molecule has 2 rings (SSSR count). The lowest BCUT2D eigenvalue weighted by atomic mass is 9.95. The molecule has 5 nitrogen and oxygen atoms in total. The molecule has 1 saturated heterocycles. The third kappa shape index (κ3) is 2.55. The Kier molecular flexibility index (Phi) is 3.69. The van der Waals surface area contributed by atoms with Crippen molar-refractivity contribution in [2.45, 2.75) is 19.8 Å². The van der Waals surface area contributed by atoms with Crippen molar-refractivity contribution in [3.8, 4) is 5.88 Å². The molecule has 0 aromatic carbocycles. The summed E-state index contributed by atoms with van der Waals surface area (Å²) in [6.45, 7) is 3.73. The molecule has 98 valence electrons. The van der Waals surface area contributed by atoms with Gasteiger partial charge in [0.2, 0.25) is 11.8 Å². The zero-order valence-corrected chi connectivity index (χ0v) is 10.8. The Balaban J connectivity index is 2.11. The van der Waals surface area contributed by atoms with Crippen LogP contribution in [0.5, 0.6) is 5.88 Å². The Labute approximate surface area is 107 Å². The maximum absolute atomic E-state index is 11.1. The average Bonchev–Trinajstić information content (AvgIpc) is 2.39. The molecule has 1 amide bonds. The molecular weight excluding hydrogens is 230 g/mol. The summed E-state index contributed by atoms with van der Waals surface area (Å²) in [5, 5.41) is 0. The van der Waals surface area contributed by atoms with Crippen LogP contribution in [0.1, 0.15) is 18.4 Å². The molecule has 0 unspecified atom stereocenters. The number of ether oxygens (including phenoxy) is 1. The molecule has 1 fully saturated rings. The first kappa shape index (κ1) is 12.7. The zero-order valence-electron chi connectivity index (χ0n) is 10.8. The number of anilines is 1. The van der Waals surface area contributed by atoms with Crippen LogP contribution >= 0.6 is 0 Å². The highest BCUT2D eigenvalue weighted by molar-refractivity contribution is 5.77. The zero-order chi connectivity index (χ0) is 13.1. The van der Waals surface area contributed by atoms with E-state index >= 15 is 0 Å². The topological polar surface area (TPSA) is 68.5 Å². The van der Waals surface area contributed by atoms with Crippen molar-refractivity contribution in [2.24, 2.45) is 11.7 Å². The molecule has 18 heavy (non-hydrogen) atoms. The Bertz CT molecular complexity index is 440. The number of nitrogens with two attached hydrogens (primary N) is 1. The highest BCUT2D eigenvalue weighted by Crippen LogP contribution is 2.27. The summed E-state index contributed by atoms with van der Waals surface area (Å²) in [5.74, 6) is 0.455. The van der Waals surface area contributed by atoms with E-state index in [0.29, 0.717) is 5.88 Å². The molecule has 0 aliphatic carbocycles. The van der Waals surface area contributed by atoms with Gasteiger partial charge in [0.25, 0.3) is 0 Å². The average molecular weight is 249 g/mol. The normalized spacial score (nSPS) is 16.7. The molecule has 0 atom stereocenters. The maximum Gasteiger partial charge on any atom is 0.220 e. The van der Waals surface area contributed by atoms with Crippen molar-refractivity contribution in [2.75, 3.05) is 25.1 Å². The summed E-state index contributed by atoms with van der Waals surface area (Å²) in [6, 6.07) is 1.94. The largest absolute Gasteiger partial charge is 0.481 e. The van der Waals surface area contributed by atoms with Gasteiger partial charge in [-0.05, 0) is 25.3 Å². The van der Waals surface area contributed by atoms with Crippen LogP contribution in [0.3, 0.4) is 0 Å². The number of carbonyl (C=O) groups is 1. The summed E-state index contributed by atoms with van der Waals surface area (Å²) < 4.78 is 5.15. The van der Waals surface area contributed by atoms with Crippen molar-refractivity contribution >= 4 is 11.6 Å². The molecule has 1 aliphatic heterocycles. The predicted molar refractivity (Wildman–Crippen MR) is 69.7 cm³/mol. The van der Waals surface area contributed by atoms with Crippen LogP contribution in [0.4, 0.5) is 5.69 Å². The predicted octanol–water partition coefficient (Wildman–Crippen LogP) is 1.10. The molecule has 5 heteroatoms. The van der Waals surface area contributed by atoms with Gasteiger partial charge in [-0.2, -0.15) is 0 Å². The number of aryl methyl sites for hydroxylation is 1. The fourth-order valence-electron chi connectivity index (χ4n) is 2.35. The SMILES string of the molecule is COc1cc(N2CCC(C(N)=O)CC2)c(C)cn1. The Hall–Kier alpha value is -1.78. The van der Waals surface area contributed by atoms with Crippen LogP contribution in [0.25, 0.3) is 0 Å². The molecule has 0 spiro atoms. The van der Waals surface area contributed by atoms with Gasteiger partial charge < -0.3 is 15.4 Å². The smallest absolute Gasteiger partial charge is 0.220 e. The van der Waals surface area contributed by atoms with Crippen molar-refractivity contribution in [1.82, 2.24) is 4.98 Å². The van der Waals surface area contributed by atoms with Gasteiger partial charge in [0.05, 0.1) is 7.11 Å². The van der Waals surface area contributed by atoms with Gasteiger partial charge in [-0.1, -0.05) is 0 Å². The van der Waals surface area contributed by atoms with Gasteiger partial charge in [-0.15, -0.1) is 0 Å². The van der Waals surface area contributed by atoms with Gasteiger partial charge >= 0.3 is 0 Å². The van der Waals surface area contributed by atoms with Gasteiger partial charge in [0.15, 0.2) is 0 Å². The first-order valence-corrected chi connectivity index (χ1v) is 6.16. The first-order chi connectivity index (χ1) is 8.61. The summed E-state index contributed by atoms with van der Waals surface area (Å²) >= 11 is 0. The van der Waals surface area contributed by atoms with Crippen LogP contribution in [0.2, 0.25) is 0 Å². The lowest BCUT2D eigenvalue weighted by Gasteiger charge is -2.33. The van der Waals surface area contributed by atoms with E-state index in [2.05, 4.69) is 9.88 Å². The summed E-state index contributed by atoms with van der Waals surface area (Å²) in [5.41, 5.74) is 7.59. The van der Waals surface area contributed by atoms with E-state index < -0.39 is 0 Å². The number of carbonyl (C=O) groups excluding carboxylic acids is 1. The van der Waals surface area contributed by atoms with E-state index in [1.54, 1.807) is 7.11 Å². The number of methoxy groups -OCH3 is 1. The third-order valence-electron chi connectivity index (χ3n) is 3.50. The van der Waals surface area contributed by atoms with Crippen molar-refractivity contribution in [3.05, 3.63) is 17.8 Å². The second kappa shape index (κ2) is 5.25. The first-order valence-electron chi connectivity index (χ1n) is 6.16. The number of primary amides is 1. The maximum atomic E-state index is 11.1. The van der Waals surface area contributed by atoms with E-state index in [-0.39, 0.29) is 11.8 Å². The fraction of sp³-hybridized carbons (Fsp3) is 0.538. The van der Waals surface area contributed by atoms with Crippen LogP contribution < -0.4 is 15.4 Å².